The first-order valence-corrected chi connectivity index (χ1v) is 9.07. The Kier molecular flexibility index (Phi) is 4.07. The largest absolute Gasteiger partial charge is 0.454 e. The molecule has 2 aromatic carbocycles. The van der Waals surface area contributed by atoms with E-state index in [-0.39, 0.29) is 12.7 Å². The van der Waals surface area contributed by atoms with E-state index >= 15 is 0 Å². The van der Waals surface area contributed by atoms with Gasteiger partial charge in [0.1, 0.15) is 0 Å². The van der Waals surface area contributed by atoms with Crippen LogP contribution in [-0.2, 0) is 4.79 Å². The first-order chi connectivity index (χ1) is 11.6. The molecule has 7 heteroatoms. The highest BCUT2D eigenvalue weighted by atomic mass is 79.9. The second-order valence-corrected chi connectivity index (χ2v) is 7.70. The third-order valence-electron chi connectivity index (χ3n) is 3.55. The van der Waals surface area contributed by atoms with E-state index in [0.717, 1.165) is 15.7 Å². The van der Waals surface area contributed by atoms with Gasteiger partial charge >= 0.3 is 0 Å². The number of thiocarbonyl (C=S) groups is 1. The molecule has 0 atom stereocenters. The molecule has 1 fully saturated rings. The van der Waals surface area contributed by atoms with Gasteiger partial charge in [-0.25, -0.2) is 0 Å². The number of ether oxygens (including phenoxy) is 2. The highest BCUT2D eigenvalue weighted by molar-refractivity contribution is 9.10. The van der Waals surface area contributed by atoms with E-state index in [1.54, 1.807) is 4.90 Å². The van der Waals surface area contributed by atoms with Crippen LogP contribution in [0.2, 0.25) is 0 Å². The highest BCUT2D eigenvalue weighted by Gasteiger charge is 2.33. The summed E-state index contributed by atoms with van der Waals surface area (Å²) in [5.41, 5.74) is 1.62. The quantitative estimate of drug-likeness (QED) is 0.525. The number of amides is 1. The van der Waals surface area contributed by atoms with Gasteiger partial charge in [0, 0.05) is 4.47 Å². The van der Waals surface area contributed by atoms with Gasteiger partial charge < -0.3 is 9.47 Å². The maximum atomic E-state index is 12.7. The van der Waals surface area contributed by atoms with Crippen molar-refractivity contribution in [1.29, 1.82) is 0 Å². The number of fused-ring (bicyclic) bond motifs is 1. The number of hydrogen-bond acceptors (Lipinski definition) is 5. The molecule has 0 aromatic heterocycles. The van der Waals surface area contributed by atoms with Crippen LogP contribution in [0.1, 0.15) is 5.56 Å². The minimum absolute atomic E-state index is 0.124. The number of halogens is 1. The van der Waals surface area contributed by atoms with E-state index < -0.39 is 0 Å². The van der Waals surface area contributed by atoms with Crippen LogP contribution in [0.4, 0.5) is 5.69 Å². The van der Waals surface area contributed by atoms with Crippen LogP contribution in [0.5, 0.6) is 11.5 Å². The zero-order chi connectivity index (χ0) is 16.7. The normalized spacial score (nSPS) is 17.9. The molecule has 0 N–H and O–H groups in total. The smallest absolute Gasteiger partial charge is 0.270 e. The van der Waals surface area contributed by atoms with Crippen LogP contribution < -0.4 is 14.4 Å². The van der Waals surface area contributed by atoms with Gasteiger partial charge in [0.05, 0.1) is 10.6 Å². The number of nitrogens with zero attached hydrogens (tertiary/aromatic N) is 1. The molecule has 4 rings (SSSR count). The Balaban J connectivity index is 1.66. The predicted molar refractivity (Wildman–Crippen MR) is 102 cm³/mol. The SMILES string of the molecule is O=C1C(=Cc2ccc3c(c2)OCO3)SC(=S)N1c1cccc(Br)c1. The number of rotatable bonds is 2. The molecule has 4 nitrogen and oxygen atoms in total. The van der Waals surface area contributed by atoms with Crippen molar-refractivity contribution in [1.82, 2.24) is 0 Å². The molecular weight excluding hydrogens is 410 g/mol. The van der Waals surface area contributed by atoms with Crippen molar-refractivity contribution >= 4 is 61.9 Å². The van der Waals surface area contributed by atoms with Crippen molar-refractivity contribution < 1.29 is 14.3 Å². The summed E-state index contributed by atoms with van der Waals surface area (Å²) in [6.45, 7) is 0.226. The van der Waals surface area contributed by atoms with Crippen LogP contribution in [0.3, 0.4) is 0 Å². The molecule has 0 spiro atoms. The van der Waals surface area contributed by atoms with Crippen LogP contribution >= 0.6 is 39.9 Å². The Hall–Kier alpha value is -1.83. The van der Waals surface area contributed by atoms with E-state index in [2.05, 4.69) is 15.9 Å². The summed E-state index contributed by atoms with van der Waals surface area (Å²) in [5.74, 6) is 1.28. The number of thioether (sulfide) groups is 1. The molecule has 1 amide bonds. The standard InChI is InChI=1S/C17H10BrNO3S2/c18-11-2-1-3-12(8-11)19-16(20)15(24-17(19)23)7-10-4-5-13-14(6-10)22-9-21-13/h1-8H,9H2. The molecule has 1 saturated heterocycles. The van der Waals surface area contributed by atoms with Crippen molar-refractivity contribution in [2.45, 2.75) is 0 Å². The van der Waals surface area contributed by atoms with Gasteiger partial charge in [-0.05, 0) is 42.0 Å². The Morgan fingerprint density at radius 2 is 2.00 bits per heavy atom. The summed E-state index contributed by atoms with van der Waals surface area (Å²) in [6, 6.07) is 13.1. The maximum absolute atomic E-state index is 12.7. The first kappa shape index (κ1) is 15.7. The lowest BCUT2D eigenvalue weighted by Gasteiger charge is -2.14. The summed E-state index contributed by atoms with van der Waals surface area (Å²) in [4.78, 5) is 14.9. The summed E-state index contributed by atoms with van der Waals surface area (Å²) >= 11 is 10.1. The van der Waals surface area contributed by atoms with Crippen LogP contribution in [0.25, 0.3) is 6.08 Å². The van der Waals surface area contributed by atoms with Crippen LogP contribution in [0, 0.1) is 0 Å². The van der Waals surface area contributed by atoms with Gasteiger partial charge in [-0.2, -0.15) is 0 Å². The van der Waals surface area contributed by atoms with E-state index in [4.69, 9.17) is 21.7 Å². The number of benzene rings is 2. The van der Waals surface area contributed by atoms with Crippen molar-refractivity contribution in [3.05, 3.63) is 57.4 Å². The van der Waals surface area contributed by atoms with E-state index in [1.807, 2.05) is 48.5 Å². The van der Waals surface area contributed by atoms with Crippen LogP contribution in [-0.4, -0.2) is 17.0 Å². The number of anilines is 1. The minimum atomic E-state index is -0.124. The lowest BCUT2D eigenvalue weighted by Crippen LogP contribution is -2.27. The second kappa shape index (κ2) is 6.23. The topological polar surface area (TPSA) is 38.8 Å². The molecule has 0 aliphatic carbocycles. The molecule has 2 aromatic rings. The summed E-state index contributed by atoms with van der Waals surface area (Å²) in [7, 11) is 0. The minimum Gasteiger partial charge on any atom is -0.454 e. The fourth-order valence-corrected chi connectivity index (χ4v) is 4.15. The van der Waals surface area contributed by atoms with Gasteiger partial charge in [0.15, 0.2) is 15.8 Å². The Morgan fingerprint density at radius 3 is 2.83 bits per heavy atom. The zero-order valence-electron chi connectivity index (χ0n) is 12.2. The Bertz CT molecular complexity index is 897. The molecule has 2 aliphatic rings. The van der Waals surface area contributed by atoms with E-state index in [0.29, 0.717) is 20.7 Å². The zero-order valence-corrected chi connectivity index (χ0v) is 15.4. The van der Waals surface area contributed by atoms with E-state index in [1.165, 1.54) is 11.8 Å². The lowest BCUT2D eigenvalue weighted by molar-refractivity contribution is -0.113. The van der Waals surface area contributed by atoms with Gasteiger partial charge in [-0.15, -0.1) is 0 Å². The first-order valence-electron chi connectivity index (χ1n) is 7.05. The maximum Gasteiger partial charge on any atom is 0.270 e. The van der Waals surface area contributed by atoms with Gasteiger partial charge in [0.2, 0.25) is 6.79 Å². The average Bonchev–Trinajstić information content (AvgIpc) is 3.12. The molecular formula is C17H10BrNO3S2. The molecule has 24 heavy (non-hydrogen) atoms. The third-order valence-corrected chi connectivity index (χ3v) is 5.35. The van der Waals surface area contributed by atoms with Crippen molar-refractivity contribution in [3.8, 4) is 11.5 Å². The van der Waals surface area contributed by atoms with Gasteiger partial charge in [-0.3, -0.25) is 9.69 Å². The van der Waals surface area contributed by atoms with Crippen molar-refractivity contribution in [2.75, 3.05) is 11.7 Å². The summed E-state index contributed by atoms with van der Waals surface area (Å²) in [6.07, 6.45) is 1.82. The number of carbonyl (C=O) groups is 1. The fourth-order valence-electron chi connectivity index (χ4n) is 2.46. The molecule has 0 radical (unpaired) electrons. The fraction of sp³-hybridized carbons (Fsp3) is 0.0588. The van der Waals surface area contributed by atoms with E-state index in [9.17, 15) is 4.79 Å². The monoisotopic (exact) mass is 419 g/mol. The van der Waals surface area contributed by atoms with Gasteiger partial charge in [-0.1, -0.05) is 52.0 Å². The molecule has 0 saturated carbocycles. The molecule has 0 unspecified atom stereocenters. The third kappa shape index (κ3) is 2.83. The molecule has 0 bridgehead atoms. The number of carbonyl (C=O) groups excluding carboxylic acids is 1. The predicted octanol–water partition coefficient (Wildman–Crippen LogP) is 4.58. The summed E-state index contributed by atoms with van der Waals surface area (Å²) in [5, 5.41) is 0. The molecule has 2 heterocycles. The highest BCUT2D eigenvalue weighted by Crippen LogP contribution is 2.38. The molecule has 120 valence electrons. The second-order valence-electron chi connectivity index (χ2n) is 5.11. The van der Waals surface area contributed by atoms with Crippen molar-refractivity contribution in [3.63, 3.8) is 0 Å². The lowest BCUT2D eigenvalue weighted by atomic mass is 10.2. The van der Waals surface area contributed by atoms with Crippen LogP contribution in [0.15, 0.2) is 51.8 Å². The Labute approximate surface area is 156 Å². The molecule has 2 aliphatic heterocycles. The van der Waals surface area contributed by atoms with Gasteiger partial charge in [0.25, 0.3) is 5.91 Å². The number of hydrogen-bond donors (Lipinski definition) is 0. The summed E-state index contributed by atoms with van der Waals surface area (Å²) < 4.78 is 12.1. The Morgan fingerprint density at radius 1 is 1.17 bits per heavy atom. The van der Waals surface area contributed by atoms with Crippen molar-refractivity contribution in [2.24, 2.45) is 0 Å². The average molecular weight is 420 g/mol.